The third-order valence-corrected chi connectivity index (χ3v) is 2.55. The van der Waals surface area contributed by atoms with E-state index in [0.717, 1.165) is 0 Å². The Morgan fingerprint density at radius 3 is 2.24 bits per heavy atom. The average molecular weight is 296 g/mol. The monoisotopic (exact) mass is 296 g/mol. The number of nitrogens with one attached hydrogen (secondary N) is 1. The number of esters is 1. The zero-order chi connectivity index (χ0) is 15.8. The molecule has 8 heteroatoms. The van der Waals surface area contributed by atoms with E-state index in [4.69, 9.17) is 20.7 Å². The summed E-state index contributed by atoms with van der Waals surface area (Å²) in [6, 6.07) is 5.18. The summed E-state index contributed by atoms with van der Waals surface area (Å²) in [5.41, 5.74) is 5.84. The van der Waals surface area contributed by atoms with E-state index >= 15 is 0 Å². The summed E-state index contributed by atoms with van der Waals surface area (Å²) in [6.45, 7) is -1.46. The van der Waals surface area contributed by atoms with Crippen LogP contribution in [0.1, 0.15) is 5.56 Å². The molecule has 0 heterocycles. The first-order valence-corrected chi connectivity index (χ1v) is 6.06. The summed E-state index contributed by atoms with van der Waals surface area (Å²) in [5, 5.41) is 19.5. The number of hydrogen-bond acceptors (Lipinski definition) is 6. The molecule has 8 nitrogen and oxygen atoms in total. The van der Waals surface area contributed by atoms with Crippen LogP contribution in [-0.2, 0) is 20.8 Å². The van der Waals surface area contributed by atoms with Gasteiger partial charge in [0.2, 0.25) is 11.8 Å². The second-order valence-corrected chi connectivity index (χ2v) is 4.16. The van der Waals surface area contributed by atoms with Crippen LogP contribution in [0, 0.1) is 0 Å². The first-order chi connectivity index (χ1) is 9.96. The molecule has 2 amide bonds. The minimum Gasteiger partial charge on any atom is -0.425 e. The Balaban J connectivity index is 2.69. The van der Waals surface area contributed by atoms with E-state index in [-0.39, 0.29) is 12.2 Å². The van der Waals surface area contributed by atoms with Crippen molar-refractivity contribution in [3.05, 3.63) is 29.8 Å². The van der Waals surface area contributed by atoms with Gasteiger partial charge in [0.05, 0.1) is 0 Å². The number of benzene rings is 1. The van der Waals surface area contributed by atoms with Gasteiger partial charge in [-0.1, -0.05) is 12.1 Å². The molecule has 1 rings (SSSR count). The lowest BCUT2D eigenvalue weighted by Gasteiger charge is -2.15. The van der Waals surface area contributed by atoms with Crippen LogP contribution in [0.4, 0.5) is 0 Å². The van der Waals surface area contributed by atoms with E-state index in [2.05, 4.69) is 5.32 Å². The fraction of sp³-hybridized carbons (Fsp3) is 0.308. The van der Waals surface area contributed by atoms with Crippen molar-refractivity contribution in [1.29, 1.82) is 0 Å². The average Bonchev–Trinajstić information content (AvgIpc) is 2.47. The van der Waals surface area contributed by atoms with Gasteiger partial charge >= 0.3 is 5.97 Å². The Bertz CT molecular complexity index is 514. The Hall–Kier alpha value is -2.45. The molecule has 0 spiro atoms. The summed E-state index contributed by atoms with van der Waals surface area (Å²) in [4.78, 5) is 33.2. The molecule has 114 valence electrons. The van der Waals surface area contributed by atoms with Gasteiger partial charge in [-0.05, 0) is 17.7 Å². The lowest BCUT2D eigenvalue weighted by Crippen LogP contribution is -2.46. The Kier molecular flexibility index (Phi) is 6.31. The highest BCUT2D eigenvalue weighted by atomic mass is 16.5. The van der Waals surface area contributed by atoms with Crippen LogP contribution in [0.25, 0.3) is 0 Å². The second-order valence-electron chi connectivity index (χ2n) is 4.16. The lowest BCUT2D eigenvalue weighted by atomic mass is 10.1. The number of primary amides is 1. The molecule has 0 aromatic heterocycles. The third-order valence-electron chi connectivity index (χ3n) is 2.55. The molecule has 0 radical (unpaired) electrons. The molecule has 5 N–H and O–H groups in total. The number of hydrogen-bond donors (Lipinski definition) is 4. The van der Waals surface area contributed by atoms with Gasteiger partial charge in [-0.25, -0.2) is 4.79 Å². The molecule has 0 aliphatic carbocycles. The summed E-state index contributed by atoms with van der Waals surface area (Å²) >= 11 is 0. The van der Waals surface area contributed by atoms with Gasteiger partial charge in [0, 0.05) is 6.42 Å². The molecule has 0 fully saturated rings. The molecule has 0 saturated heterocycles. The predicted octanol–water partition coefficient (Wildman–Crippen LogP) is -1.91. The fourth-order valence-electron chi connectivity index (χ4n) is 1.56. The van der Waals surface area contributed by atoms with Crippen molar-refractivity contribution >= 4 is 17.8 Å². The van der Waals surface area contributed by atoms with Crippen molar-refractivity contribution in [2.45, 2.75) is 12.5 Å². The summed E-state index contributed by atoms with van der Waals surface area (Å²) in [6.07, 6.45) is 0.134. The Morgan fingerprint density at radius 2 is 1.76 bits per heavy atom. The molecule has 21 heavy (non-hydrogen) atoms. The first kappa shape index (κ1) is 16.6. The van der Waals surface area contributed by atoms with E-state index < -0.39 is 37.0 Å². The van der Waals surface area contributed by atoms with Crippen LogP contribution in [0.3, 0.4) is 0 Å². The van der Waals surface area contributed by atoms with E-state index in [1.165, 1.54) is 12.1 Å². The Labute approximate surface area is 120 Å². The van der Waals surface area contributed by atoms with Gasteiger partial charge in [-0.3, -0.25) is 9.59 Å². The number of amides is 2. The maximum Gasteiger partial charge on any atom is 0.337 e. The zero-order valence-electron chi connectivity index (χ0n) is 11.1. The molecule has 0 aliphatic heterocycles. The molecule has 1 aromatic rings. The number of aliphatic hydroxyl groups excluding tert-OH is 2. The molecule has 0 aliphatic rings. The van der Waals surface area contributed by atoms with Gasteiger partial charge in [-0.15, -0.1) is 0 Å². The number of nitrogens with two attached hydrogens (primary N) is 1. The number of ether oxygens (including phenoxy) is 1. The maximum atomic E-state index is 11.2. The highest BCUT2D eigenvalue weighted by Crippen LogP contribution is 2.13. The standard InChI is InChI=1S/C13H16N2O6/c14-13(20)10(15-11(18)6-16)5-8-1-3-9(4-2-8)21-12(19)7-17/h1-4,10,16-17H,5-7H2,(H2,14,20)(H,15,18). The largest absolute Gasteiger partial charge is 0.425 e. The SMILES string of the molecule is NC(=O)C(Cc1ccc(OC(=O)CO)cc1)NC(=O)CO. The highest BCUT2D eigenvalue weighted by Gasteiger charge is 2.18. The van der Waals surface area contributed by atoms with Gasteiger partial charge in [0.25, 0.3) is 0 Å². The number of carbonyl (C=O) groups excluding carboxylic acids is 3. The zero-order valence-corrected chi connectivity index (χ0v) is 11.1. The molecule has 1 atom stereocenters. The van der Waals surface area contributed by atoms with Crippen LogP contribution in [0.15, 0.2) is 24.3 Å². The number of aliphatic hydroxyl groups is 2. The van der Waals surface area contributed by atoms with Crippen molar-refractivity contribution in [2.75, 3.05) is 13.2 Å². The predicted molar refractivity (Wildman–Crippen MR) is 71.1 cm³/mol. The van der Waals surface area contributed by atoms with Gasteiger partial charge in [0.1, 0.15) is 25.0 Å². The van der Waals surface area contributed by atoms with Crippen LogP contribution in [-0.4, -0.2) is 47.3 Å². The van der Waals surface area contributed by atoms with E-state index in [1.54, 1.807) is 12.1 Å². The maximum absolute atomic E-state index is 11.2. The van der Waals surface area contributed by atoms with Crippen molar-refractivity contribution in [2.24, 2.45) is 5.73 Å². The molecule has 1 aromatic carbocycles. The molecular weight excluding hydrogens is 280 g/mol. The normalized spacial score (nSPS) is 11.5. The van der Waals surface area contributed by atoms with Crippen LogP contribution in [0.2, 0.25) is 0 Å². The van der Waals surface area contributed by atoms with Crippen LogP contribution < -0.4 is 15.8 Å². The minimum atomic E-state index is -0.949. The van der Waals surface area contributed by atoms with Gasteiger partial charge in [0.15, 0.2) is 0 Å². The second kappa shape index (κ2) is 7.98. The molecular formula is C13H16N2O6. The van der Waals surface area contributed by atoms with Gasteiger partial charge in [-0.2, -0.15) is 0 Å². The molecule has 0 saturated carbocycles. The third kappa shape index (κ3) is 5.59. The van der Waals surface area contributed by atoms with Crippen molar-refractivity contribution in [3.63, 3.8) is 0 Å². The fourth-order valence-corrected chi connectivity index (χ4v) is 1.56. The smallest absolute Gasteiger partial charge is 0.337 e. The highest BCUT2D eigenvalue weighted by molar-refractivity contribution is 5.87. The van der Waals surface area contributed by atoms with Crippen molar-refractivity contribution in [1.82, 2.24) is 5.32 Å². The minimum absolute atomic E-state index is 0.134. The van der Waals surface area contributed by atoms with E-state index in [9.17, 15) is 14.4 Å². The van der Waals surface area contributed by atoms with E-state index in [1.807, 2.05) is 0 Å². The molecule has 1 unspecified atom stereocenters. The summed E-state index contributed by atoms with van der Waals surface area (Å²) < 4.78 is 4.77. The first-order valence-electron chi connectivity index (χ1n) is 6.06. The van der Waals surface area contributed by atoms with Crippen LogP contribution >= 0.6 is 0 Å². The quantitative estimate of drug-likeness (QED) is 0.342. The Morgan fingerprint density at radius 1 is 1.14 bits per heavy atom. The van der Waals surface area contributed by atoms with Crippen molar-refractivity contribution in [3.8, 4) is 5.75 Å². The topological polar surface area (TPSA) is 139 Å². The number of carbonyl (C=O) groups is 3. The van der Waals surface area contributed by atoms with Crippen LogP contribution in [0.5, 0.6) is 5.75 Å². The summed E-state index contributed by atoms with van der Waals surface area (Å²) in [7, 11) is 0. The number of rotatable bonds is 7. The summed E-state index contributed by atoms with van der Waals surface area (Å²) in [5.74, 6) is -1.97. The molecule has 0 bridgehead atoms. The van der Waals surface area contributed by atoms with Crippen molar-refractivity contribution < 1.29 is 29.3 Å². The van der Waals surface area contributed by atoms with E-state index in [0.29, 0.717) is 5.56 Å². The van der Waals surface area contributed by atoms with Gasteiger partial charge < -0.3 is 26.0 Å². The lowest BCUT2D eigenvalue weighted by molar-refractivity contribution is -0.137.